The number of rotatable bonds is 3. The molecule has 0 radical (unpaired) electrons. The molecule has 0 aliphatic carbocycles. The highest BCUT2D eigenvalue weighted by Gasteiger charge is 2.35. The van der Waals surface area contributed by atoms with Gasteiger partial charge in [0.2, 0.25) is 15.3 Å². The van der Waals surface area contributed by atoms with Crippen molar-refractivity contribution in [3.8, 4) is 0 Å². The molecule has 108 valence electrons. The van der Waals surface area contributed by atoms with Crippen LogP contribution in [-0.4, -0.2) is 19.6 Å². The highest BCUT2D eigenvalue weighted by Crippen LogP contribution is 2.26. The Morgan fingerprint density at radius 2 is 1.71 bits per heavy atom. The van der Waals surface area contributed by atoms with E-state index < -0.39 is 15.3 Å². The minimum absolute atomic E-state index is 0.221. The Morgan fingerprint density at radius 3 is 2.38 bits per heavy atom. The molecule has 6 heteroatoms. The SMILES string of the molecule is O=S(=O)(c1ccccc1)[C@@H]1CC(c2ccc(Cl)cc2)=NO1. The zero-order valence-electron chi connectivity index (χ0n) is 10.9. The topological polar surface area (TPSA) is 55.7 Å². The van der Waals surface area contributed by atoms with Crippen molar-refractivity contribution in [3.63, 3.8) is 0 Å². The average Bonchev–Trinajstić information content (AvgIpc) is 2.99. The first kappa shape index (κ1) is 14.1. The minimum Gasteiger partial charge on any atom is -0.375 e. The predicted octanol–water partition coefficient (Wildman–Crippen LogP) is 3.26. The van der Waals surface area contributed by atoms with Crippen LogP contribution in [0, 0.1) is 0 Å². The fourth-order valence-electron chi connectivity index (χ4n) is 2.10. The second-order valence-electron chi connectivity index (χ2n) is 4.64. The Hall–Kier alpha value is -1.85. The van der Waals surface area contributed by atoms with E-state index >= 15 is 0 Å². The van der Waals surface area contributed by atoms with Gasteiger partial charge in [-0.1, -0.05) is 47.1 Å². The van der Waals surface area contributed by atoms with Crippen LogP contribution in [0.2, 0.25) is 5.02 Å². The number of nitrogens with zero attached hydrogens (tertiary/aromatic N) is 1. The number of sulfone groups is 1. The second kappa shape index (κ2) is 5.50. The normalized spacial score (nSPS) is 18.1. The summed E-state index contributed by atoms with van der Waals surface area (Å²) in [5.41, 5.74) is 0.437. The van der Waals surface area contributed by atoms with E-state index in [1.54, 1.807) is 54.6 Å². The van der Waals surface area contributed by atoms with Crippen LogP contribution in [0.4, 0.5) is 0 Å². The third-order valence-electron chi connectivity index (χ3n) is 3.24. The Kier molecular flexibility index (Phi) is 3.69. The fourth-order valence-corrected chi connectivity index (χ4v) is 3.60. The summed E-state index contributed by atoms with van der Waals surface area (Å²) in [4.78, 5) is 5.37. The minimum atomic E-state index is -3.55. The summed E-state index contributed by atoms with van der Waals surface area (Å²) in [6.45, 7) is 0. The monoisotopic (exact) mass is 321 g/mol. The third-order valence-corrected chi connectivity index (χ3v) is 5.36. The van der Waals surface area contributed by atoms with E-state index in [-0.39, 0.29) is 11.3 Å². The lowest BCUT2D eigenvalue weighted by molar-refractivity contribution is 0.140. The molecule has 1 heterocycles. The summed E-state index contributed by atoms with van der Waals surface area (Å²) in [5, 5.41) is 4.52. The molecule has 0 unspecified atom stereocenters. The number of oxime groups is 1. The molecule has 0 saturated heterocycles. The molecule has 0 aromatic heterocycles. The summed E-state index contributed by atoms with van der Waals surface area (Å²) >= 11 is 5.83. The maximum Gasteiger partial charge on any atom is 0.237 e. The van der Waals surface area contributed by atoms with Crippen molar-refractivity contribution in [1.29, 1.82) is 0 Å². The summed E-state index contributed by atoms with van der Waals surface area (Å²) in [6.07, 6.45) is 0.221. The van der Waals surface area contributed by atoms with Gasteiger partial charge in [-0.3, -0.25) is 0 Å². The molecule has 4 nitrogen and oxygen atoms in total. The largest absolute Gasteiger partial charge is 0.375 e. The van der Waals surface area contributed by atoms with Crippen LogP contribution in [0.1, 0.15) is 12.0 Å². The predicted molar refractivity (Wildman–Crippen MR) is 81.1 cm³/mol. The van der Waals surface area contributed by atoms with Crippen LogP contribution >= 0.6 is 11.6 Å². The Morgan fingerprint density at radius 1 is 1.05 bits per heavy atom. The molecule has 2 aromatic carbocycles. The van der Waals surface area contributed by atoms with Crippen molar-refractivity contribution in [3.05, 3.63) is 65.2 Å². The Labute approximate surface area is 127 Å². The van der Waals surface area contributed by atoms with Gasteiger partial charge in [0.25, 0.3) is 0 Å². The van der Waals surface area contributed by atoms with Gasteiger partial charge in [0, 0.05) is 11.4 Å². The van der Waals surface area contributed by atoms with Crippen molar-refractivity contribution < 1.29 is 13.3 Å². The van der Waals surface area contributed by atoms with Gasteiger partial charge in [-0.2, -0.15) is 0 Å². The summed E-state index contributed by atoms with van der Waals surface area (Å²) < 4.78 is 24.9. The first-order valence-electron chi connectivity index (χ1n) is 6.35. The Balaban J connectivity index is 1.82. The van der Waals surface area contributed by atoms with Crippen LogP contribution in [0.15, 0.2) is 64.6 Å². The quantitative estimate of drug-likeness (QED) is 0.872. The summed E-state index contributed by atoms with van der Waals surface area (Å²) in [5.74, 6) is 0. The van der Waals surface area contributed by atoms with Crippen LogP contribution < -0.4 is 0 Å². The summed E-state index contributed by atoms with van der Waals surface area (Å²) in [6, 6.07) is 15.3. The van der Waals surface area contributed by atoms with E-state index in [1.807, 2.05) is 0 Å². The first-order chi connectivity index (χ1) is 10.1. The number of halogens is 1. The van der Waals surface area contributed by atoms with E-state index in [9.17, 15) is 8.42 Å². The highest BCUT2D eigenvalue weighted by atomic mass is 35.5. The lowest BCUT2D eigenvalue weighted by Crippen LogP contribution is -2.21. The van der Waals surface area contributed by atoms with E-state index in [0.29, 0.717) is 10.7 Å². The van der Waals surface area contributed by atoms with Gasteiger partial charge >= 0.3 is 0 Å². The number of benzene rings is 2. The van der Waals surface area contributed by atoms with E-state index in [0.717, 1.165) is 5.56 Å². The van der Waals surface area contributed by atoms with Gasteiger partial charge in [-0.25, -0.2) is 8.42 Å². The molecule has 1 atom stereocenters. The molecule has 0 bridgehead atoms. The Bertz CT molecular complexity index is 770. The molecule has 0 N–H and O–H groups in total. The lowest BCUT2D eigenvalue weighted by atomic mass is 10.1. The van der Waals surface area contributed by atoms with Crippen molar-refractivity contribution in [1.82, 2.24) is 0 Å². The molecule has 0 fully saturated rings. The maximum absolute atomic E-state index is 12.4. The van der Waals surface area contributed by atoms with Crippen LogP contribution in [0.3, 0.4) is 0 Å². The van der Waals surface area contributed by atoms with Crippen molar-refractivity contribution >= 4 is 27.1 Å². The second-order valence-corrected chi connectivity index (χ2v) is 7.17. The zero-order chi connectivity index (χ0) is 14.9. The van der Waals surface area contributed by atoms with Crippen molar-refractivity contribution in [2.75, 3.05) is 0 Å². The molecule has 1 aliphatic rings. The molecule has 1 aliphatic heterocycles. The smallest absolute Gasteiger partial charge is 0.237 e. The van der Waals surface area contributed by atoms with Crippen LogP contribution in [-0.2, 0) is 14.7 Å². The molecular weight excluding hydrogens is 310 g/mol. The van der Waals surface area contributed by atoms with Crippen LogP contribution in [0.5, 0.6) is 0 Å². The van der Waals surface area contributed by atoms with Gasteiger partial charge in [0.1, 0.15) is 0 Å². The molecular formula is C15H12ClNO3S. The number of hydrogen-bond acceptors (Lipinski definition) is 4. The van der Waals surface area contributed by atoms with E-state index in [2.05, 4.69) is 5.16 Å². The third kappa shape index (κ3) is 2.80. The standard InChI is InChI=1S/C15H12ClNO3S/c16-12-8-6-11(7-9-12)14-10-15(20-17-14)21(18,19)13-4-2-1-3-5-13/h1-9,15H,10H2/t15-/m1/s1. The molecule has 0 spiro atoms. The fraction of sp³-hybridized carbons (Fsp3) is 0.133. The first-order valence-corrected chi connectivity index (χ1v) is 8.27. The molecule has 3 rings (SSSR count). The molecule has 0 amide bonds. The van der Waals surface area contributed by atoms with E-state index in [4.69, 9.17) is 16.4 Å². The molecule has 2 aromatic rings. The van der Waals surface area contributed by atoms with Crippen molar-refractivity contribution in [2.45, 2.75) is 16.8 Å². The van der Waals surface area contributed by atoms with Gasteiger partial charge in [0.05, 0.1) is 10.6 Å². The number of hydrogen-bond donors (Lipinski definition) is 0. The lowest BCUT2D eigenvalue weighted by Gasteiger charge is -2.09. The maximum atomic E-state index is 12.4. The van der Waals surface area contributed by atoms with Crippen molar-refractivity contribution in [2.24, 2.45) is 5.16 Å². The highest BCUT2D eigenvalue weighted by molar-refractivity contribution is 7.92. The molecule has 0 saturated carbocycles. The van der Waals surface area contributed by atoms with Gasteiger partial charge in [0.15, 0.2) is 0 Å². The molecule has 21 heavy (non-hydrogen) atoms. The zero-order valence-corrected chi connectivity index (χ0v) is 12.5. The van der Waals surface area contributed by atoms with Gasteiger partial charge in [-0.05, 0) is 29.8 Å². The summed E-state index contributed by atoms with van der Waals surface area (Å²) in [7, 11) is -3.55. The average molecular weight is 322 g/mol. The van der Waals surface area contributed by atoms with Gasteiger partial charge < -0.3 is 4.84 Å². The van der Waals surface area contributed by atoms with Crippen LogP contribution in [0.25, 0.3) is 0 Å². The van der Waals surface area contributed by atoms with E-state index in [1.165, 1.54) is 0 Å². The van der Waals surface area contributed by atoms with Gasteiger partial charge in [-0.15, -0.1) is 0 Å².